The van der Waals surface area contributed by atoms with E-state index in [9.17, 15) is 24.3 Å². The number of rotatable bonds is 15. The van der Waals surface area contributed by atoms with Gasteiger partial charge in [0, 0.05) is 18.3 Å². The van der Waals surface area contributed by atoms with Crippen LogP contribution >= 0.6 is 0 Å². The number of allylic oxidation sites excluding steroid dienone is 1. The molecule has 0 saturated carbocycles. The van der Waals surface area contributed by atoms with Gasteiger partial charge in [-0.05, 0) is 67.6 Å². The molecule has 276 valence electrons. The van der Waals surface area contributed by atoms with Gasteiger partial charge in [0.25, 0.3) is 11.8 Å². The Morgan fingerprint density at radius 3 is 2.02 bits per heavy atom. The van der Waals surface area contributed by atoms with E-state index in [-0.39, 0.29) is 54.4 Å². The number of anilines is 3. The number of aromatic nitrogens is 4. The van der Waals surface area contributed by atoms with Crippen molar-refractivity contribution in [3.63, 3.8) is 0 Å². The van der Waals surface area contributed by atoms with Crippen molar-refractivity contribution in [2.75, 3.05) is 36.0 Å². The monoisotopic (exact) mass is 734 g/mol. The third kappa shape index (κ3) is 9.18. The van der Waals surface area contributed by atoms with Crippen LogP contribution in [0.2, 0.25) is 0 Å². The highest BCUT2D eigenvalue weighted by Crippen LogP contribution is 2.29. The number of ether oxygens (including phenoxy) is 3. The molecular formula is C36H34N10O8. The van der Waals surface area contributed by atoms with Crippen molar-refractivity contribution in [1.82, 2.24) is 19.9 Å². The summed E-state index contributed by atoms with van der Waals surface area (Å²) in [4.78, 5) is 58.9. The fourth-order valence-electron chi connectivity index (χ4n) is 4.99. The van der Waals surface area contributed by atoms with Crippen molar-refractivity contribution in [3.05, 3.63) is 117 Å². The molecule has 0 unspecified atom stereocenters. The number of Topliss-reactive ketones (excluding diaryl/α,β-unsaturated/α-hetero) is 1. The molecule has 4 aromatic carbocycles. The van der Waals surface area contributed by atoms with Crippen LogP contribution in [-0.4, -0.2) is 62.6 Å². The van der Waals surface area contributed by atoms with Gasteiger partial charge in [-0.15, -0.1) is 15.3 Å². The zero-order valence-corrected chi connectivity index (χ0v) is 28.9. The number of azo groups is 1. The number of imidazole rings is 2. The lowest BCUT2D eigenvalue weighted by Crippen LogP contribution is -2.20. The van der Waals surface area contributed by atoms with Crippen LogP contribution in [0, 0.1) is 0 Å². The van der Waals surface area contributed by atoms with Gasteiger partial charge in [-0.2, -0.15) is 0 Å². The van der Waals surface area contributed by atoms with Crippen LogP contribution in [0.25, 0.3) is 22.1 Å². The molecule has 6 aromatic rings. The highest BCUT2D eigenvalue weighted by atomic mass is 16.5. The van der Waals surface area contributed by atoms with Crippen LogP contribution < -0.4 is 36.9 Å². The molecule has 2 heterocycles. The summed E-state index contributed by atoms with van der Waals surface area (Å²) in [6.07, 6.45) is 0. The van der Waals surface area contributed by atoms with E-state index in [2.05, 4.69) is 51.3 Å². The minimum Gasteiger partial charge on any atom is -0.510 e. The van der Waals surface area contributed by atoms with Gasteiger partial charge < -0.3 is 49.9 Å². The second kappa shape index (κ2) is 16.6. The molecule has 0 aliphatic rings. The zero-order chi connectivity index (χ0) is 38.0. The normalized spacial score (nSPS) is 12.1. The lowest BCUT2D eigenvalue weighted by atomic mass is 10.2. The number of carbonyl (C=O) groups is 2. The van der Waals surface area contributed by atoms with Gasteiger partial charge in [-0.25, -0.2) is 9.59 Å². The quantitative estimate of drug-likeness (QED) is 0.00975. The Morgan fingerprint density at radius 2 is 1.33 bits per heavy atom. The second-order valence-corrected chi connectivity index (χ2v) is 11.5. The molecule has 6 rings (SSSR count). The Balaban J connectivity index is 1.02. The number of aliphatic hydroxyl groups is 1. The summed E-state index contributed by atoms with van der Waals surface area (Å²) in [5.41, 5.74) is 5.92. The van der Waals surface area contributed by atoms with Crippen LogP contribution in [0.4, 0.5) is 22.7 Å². The lowest BCUT2D eigenvalue weighted by molar-refractivity contribution is -0.113. The first-order valence-electron chi connectivity index (χ1n) is 16.3. The van der Waals surface area contributed by atoms with Crippen LogP contribution in [0.3, 0.4) is 0 Å². The standard InChI is InChI=1S/C36H34N10O8/c1-20(47)32(33(49)38-23-12-14-25-29(18-23)42-36(51)40-25)45-43-26-7-3-5-9-30(26)52-15-16-53-31-10-6-4-8-27(31)44-46-34(21(2)48)54-19-37-22-11-13-24-28(17-22)41-35(50)39-24/h3-14,17-18,37,44,47H,15-16,19H2,1-2H3,(H,38,49)(H2,39,41,50)(H2,40,42,51)/b32-20+,45-43?,46-34+. The summed E-state index contributed by atoms with van der Waals surface area (Å²) < 4.78 is 17.4. The van der Waals surface area contributed by atoms with Crippen molar-refractivity contribution in [2.24, 2.45) is 15.3 Å². The molecule has 0 aliphatic heterocycles. The Hall–Kier alpha value is -7.63. The van der Waals surface area contributed by atoms with Gasteiger partial charge in [0.1, 0.15) is 36.2 Å². The minimum atomic E-state index is -0.719. The van der Waals surface area contributed by atoms with Crippen molar-refractivity contribution < 1.29 is 28.9 Å². The van der Waals surface area contributed by atoms with Crippen LogP contribution in [-0.2, 0) is 14.3 Å². The number of nitrogens with zero attached hydrogens (tertiary/aromatic N) is 3. The third-order valence-corrected chi connectivity index (χ3v) is 7.52. The summed E-state index contributed by atoms with van der Waals surface area (Å²) in [6, 6.07) is 23.7. The first-order valence-corrected chi connectivity index (χ1v) is 16.3. The molecule has 0 spiro atoms. The molecule has 1 amide bonds. The van der Waals surface area contributed by atoms with Gasteiger partial charge in [-0.3, -0.25) is 15.0 Å². The number of carbonyl (C=O) groups excluding carboxylic acids is 2. The number of para-hydroxylation sites is 3. The fourth-order valence-corrected chi connectivity index (χ4v) is 4.99. The van der Waals surface area contributed by atoms with Crippen LogP contribution in [0.1, 0.15) is 13.8 Å². The molecule has 0 bridgehead atoms. The zero-order valence-electron chi connectivity index (χ0n) is 28.9. The predicted molar refractivity (Wildman–Crippen MR) is 202 cm³/mol. The molecule has 0 atom stereocenters. The molecule has 54 heavy (non-hydrogen) atoms. The van der Waals surface area contributed by atoms with Crippen LogP contribution in [0.15, 0.2) is 121 Å². The number of aliphatic hydroxyl groups excluding tert-OH is 1. The van der Waals surface area contributed by atoms with E-state index in [0.717, 1.165) is 0 Å². The first-order chi connectivity index (χ1) is 26.1. The second-order valence-electron chi connectivity index (χ2n) is 11.5. The largest absolute Gasteiger partial charge is 0.510 e. The van der Waals surface area contributed by atoms with Gasteiger partial charge in [0.05, 0.1) is 27.8 Å². The Bertz CT molecular complexity index is 2520. The lowest BCUT2D eigenvalue weighted by Gasteiger charge is -2.13. The highest BCUT2D eigenvalue weighted by molar-refractivity contribution is 6.35. The average molecular weight is 735 g/mol. The number of aromatic amines is 4. The van der Waals surface area contributed by atoms with Crippen molar-refractivity contribution in [1.29, 1.82) is 0 Å². The van der Waals surface area contributed by atoms with E-state index in [1.807, 2.05) is 0 Å². The summed E-state index contributed by atoms with van der Waals surface area (Å²) in [5, 5.41) is 28.1. The maximum absolute atomic E-state index is 13.0. The van der Waals surface area contributed by atoms with E-state index in [1.165, 1.54) is 13.8 Å². The average Bonchev–Trinajstić information content (AvgIpc) is 3.71. The number of hydrogen-bond donors (Lipinski definition) is 8. The number of ketones is 1. The highest BCUT2D eigenvalue weighted by Gasteiger charge is 2.15. The molecule has 8 N–H and O–H groups in total. The molecule has 18 nitrogen and oxygen atoms in total. The predicted octanol–water partition coefficient (Wildman–Crippen LogP) is 5.40. The van der Waals surface area contributed by atoms with E-state index >= 15 is 0 Å². The third-order valence-electron chi connectivity index (χ3n) is 7.52. The van der Waals surface area contributed by atoms with Gasteiger partial charge in [0.2, 0.25) is 5.78 Å². The van der Waals surface area contributed by atoms with Gasteiger partial charge in [0.15, 0.2) is 12.4 Å². The van der Waals surface area contributed by atoms with Gasteiger partial charge >= 0.3 is 11.4 Å². The number of H-pyrrole nitrogens is 4. The maximum atomic E-state index is 13.0. The summed E-state index contributed by atoms with van der Waals surface area (Å²) in [7, 11) is 0. The smallest absolute Gasteiger partial charge is 0.323 e. The maximum Gasteiger partial charge on any atom is 0.323 e. The molecule has 2 aromatic heterocycles. The molecular weight excluding hydrogens is 700 g/mol. The molecule has 0 saturated heterocycles. The summed E-state index contributed by atoms with van der Waals surface area (Å²) >= 11 is 0. The molecule has 0 radical (unpaired) electrons. The van der Waals surface area contributed by atoms with Gasteiger partial charge in [-0.1, -0.05) is 24.3 Å². The minimum absolute atomic E-state index is 0.0730. The molecule has 0 aliphatic carbocycles. The summed E-state index contributed by atoms with van der Waals surface area (Å²) in [5.74, 6) is -0.902. The fraction of sp³-hybridized carbons (Fsp3) is 0.139. The number of benzene rings is 4. The van der Waals surface area contributed by atoms with Crippen molar-refractivity contribution in [3.8, 4) is 11.5 Å². The Kier molecular flexibility index (Phi) is 11.1. The summed E-state index contributed by atoms with van der Waals surface area (Å²) in [6.45, 7) is 2.75. The molecule has 0 fully saturated rings. The van der Waals surface area contributed by atoms with E-state index in [0.29, 0.717) is 50.6 Å². The van der Waals surface area contributed by atoms with E-state index in [1.54, 1.807) is 84.9 Å². The Morgan fingerprint density at radius 1 is 0.741 bits per heavy atom. The molecule has 18 heteroatoms. The Labute approximate surface area is 305 Å². The number of hydrazone groups is 1. The first kappa shape index (κ1) is 36.2. The van der Waals surface area contributed by atoms with Crippen molar-refractivity contribution >= 4 is 62.4 Å². The number of nitrogens with one attached hydrogen (secondary N) is 7. The van der Waals surface area contributed by atoms with E-state index in [4.69, 9.17) is 14.2 Å². The number of fused-ring (bicyclic) bond motifs is 2. The van der Waals surface area contributed by atoms with E-state index < -0.39 is 11.7 Å². The van der Waals surface area contributed by atoms with Crippen LogP contribution in [0.5, 0.6) is 11.5 Å². The topological polar surface area (TPSA) is 253 Å². The SMILES string of the molecule is CC(=O)/C(=N\Nc1ccccc1OCCOc1ccccc1N=N/C(C(=O)Nc1ccc2[nH]c(=O)[nH]c2c1)=C(\C)O)OCNc1ccc2[nH]c(=O)[nH]c2c1. The van der Waals surface area contributed by atoms with Crippen molar-refractivity contribution in [2.45, 2.75) is 13.8 Å². The number of hydrogen-bond acceptors (Lipinski definition) is 13. The number of amides is 1.